The number of rotatable bonds is 5. The Morgan fingerprint density at radius 2 is 1.74 bits per heavy atom. The molecule has 0 atom stereocenters. The fraction of sp³-hybridized carbons (Fsp3) is 0.944. The van der Waals surface area contributed by atoms with Crippen LogP contribution in [0, 0.1) is 0 Å². The van der Waals surface area contributed by atoms with E-state index in [-0.39, 0.29) is 5.54 Å². The maximum absolute atomic E-state index is 6.14. The van der Waals surface area contributed by atoms with E-state index in [1.54, 1.807) is 0 Å². The van der Waals surface area contributed by atoms with Crippen molar-refractivity contribution in [3.05, 3.63) is 0 Å². The van der Waals surface area contributed by atoms with E-state index >= 15 is 0 Å². The van der Waals surface area contributed by atoms with Crippen LogP contribution < -0.4 is 11.1 Å². The Morgan fingerprint density at radius 1 is 1.13 bits per heavy atom. The topological polar surface area (TPSA) is 62.9 Å². The molecule has 3 N–H and O–H groups in total. The first-order valence-electron chi connectivity index (χ1n) is 9.35. The van der Waals surface area contributed by atoms with Crippen LogP contribution in [-0.2, 0) is 4.74 Å². The lowest BCUT2D eigenvalue weighted by Crippen LogP contribution is -2.51. The number of ether oxygens (including phenoxy) is 1. The molecular formula is C18H36N4O. The largest absolute Gasteiger partial charge is 0.381 e. The van der Waals surface area contributed by atoms with Crippen molar-refractivity contribution in [1.82, 2.24) is 10.2 Å². The van der Waals surface area contributed by atoms with Gasteiger partial charge in [0.1, 0.15) is 0 Å². The average molecular weight is 325 g/mol. The molecule has 5 nitrogen and oxygen atoms in total. The zero-order valence-corrected chi connectivity index (χ0v) is 15.3. The molecule has 2 rings (SSSR count). The van der Waals surface area contributed by atoms with Crippen LogP contribution in [0.3, 0.4) is 0 Å². The quantitative estimate of drug-likeness (QED) is 0.463. The summed E-state index contributed by atoms with van der Waals surface area (Å²) < 4.78 is 5.46. The molecule has 0 aromatic carbocycles. The maximum atomic E-state index is 6.14. The van der Waals surface area contributed by atoms with Gasteiger partial charge in [-0.1, -0.05) is 25.7 Å². The van der Waals surface area contributed by atoms with Gasteiger partial charge < -0.3 is 15.8 Å². The number of hydrogen-bond donors (Lipinski definition) is 2. The van der Waals surface area contributed by atoms with Gasteiger partial charge in [0, 0.05) is 31.8 Å². The first kappa shape index (κ1) is 18.5. The normalized spacial score (nSPS) is 23.7. The van der Waals surface area contributed by atoms with Gasteiger partial charge in [-0.2, -0.15) is 0 Å². The molecule has 0 aromatic heterocycles. The minimum atomic E-state index is 0.0501. The molecular weight excluding hydrogens is 288 g/mol. The molecule has 0 radical (unpaired) electrons. The van der Waals surface area contributed by atoms with E-state index in [9.17, 15) is 0 Å². The van der Waals surface area contributed by atoms with E-state index in [0.29, 0.717) is 18.1 Å². The van der Waals surface area contributed by atoms with Gasteiger partial charge in [0.15, 0.2) is 5.96 Å². The highest BCUT2D eigenvalue weighted by atomic mass is 16.5. The smallest absolute Gasteiger partial charge is 0.188 e. The van der Waals surface area contributed by atoms with E-state index in [1.165, 1.54) is 38.5 Å². The predicted octanol–water partition coefficient (Wildman–Crippen LogP) is 2.50. The van der Waals surface area contributed by atoms with Gasteiger partial charge in [-0.25, -0.2) is 0 Å². The van der Waals surface area contributed by atoms with Crippen LogP contribution in [0.1, 0.15) is 65.2 Å². The highest BCUT2D eigenvalue weighted by Gasteiger charge is 2.30. The Labute approximate surface area is 142 Å². The van der Waals surface area contributed by atoms with Gasteiger partial charge in [-0.15, -0.1) is 0 Å². The fourth-order valence-corrected chi connectivity index (χ4v) is 3.75. The van der Waals surface area contributed by atoms with E-state index in [4.69, 9.17) is 10.5 Å². The lowest BCUT2D eigenvalue weighted by Gasteiger charge is -2.42. The second-order valence-electron chi connectivity index (χ2n) is 7.77. The number of nitrogens with zero attached hydrogens (tertiary/aromatic N) is 2. The van der Waals surface area contributed by atoms with Gasteiger partial charge in [-0.3, -0.25) is 9.89 Å². The predicted molar refractivity (Wildman–Crippen MR) is 96.8 cm³/mol. The van der Waals surface area contributed by atoms with Gasteiger partial charge in [0.2, 0.25) is 0 Å². The number of nitrogens with two attached hydrogens (primary N) is 1. The maximum Gasteiger partial charge on any atom is 0.188 e. The van der Waals surface area contributed by atoms with Crippen molar-refractivity contribution in [3.8, 4) is 0 Å². The monoisotopic (exact) mass is 324 g/mol. The molecule has 0 aromatic rings. The molecule has 23 heavy (non-hydrogen) atoms. The highest BCUT2D eigenvalue weighted by molar-refractivity contribution is 5.78. The van der Waals surface area contributed by atoms with Crippen LogP contribution in [0.5, 0.6) is 0 Å². The molecule has 1 aliphatic carbocycles. The Morgan fingerprint density at radius 3 is 2.30 bits per heavy atom. The van der Waals surface area contributed by atoms with Crippen molar-refractivity contribution < 1.29 is 4.74 Å². The Balaban J connectivity index is 1.79. The van der Waals surface area contributed by atoms with Crippen LogP contribution in [0.2, 0.25) is 0 Å². The summed E-state index contributed by atoms with van der Waals surface area (Å²) in [5.41, 5.74) is 6.19. The van der Waals surface area contributed by atoms with E-state index < -0.39 is 0 Å². The number of hydrogen-bond acceptors (Lipinski definition) is 3. The summed E-state index contributed by atoms with van der Waals surface area (Å²) >= 11 is 0. The Hall–Kier alpha value is -0.810. The zero-order chi connectivity index (χ0) is 16.7. The molecule has 134 valence electrons. The molecule has 1 saturated heterocycles. The molecule has 1 heterocycles. The number of nitrogens with one attached hydrogen (secondary N) is 1. The van der Waals surface area contributed by atoms with E-state index in [0.717, 1.165) is 32.5 Å². The van der Waals surface area contributed by atoms with Gasteiger partial charge >= 0.3 is 0 Å². The van der Waals surface area contributed by atoms with Crippen LogP contribution >= 0.6 is 0 Å². The SMILES string of the molecule is COC1CCN(C(C)(C)CN=C(N)NC2CCCCCC2)CC1. The molecule has 2 aliphatic rings. The third kappa shape index (κ3) is 5.96. The summed E-state index contributed by atoms with van der Waals surface area (Å²) in [5.74, 6) is 0.622. The average Bonchev–Trinajstić information content (AvgIpc) is 2.82. The van der Waals surface area contributed by atoms with Crippen molar-refractivity contribution in [2.45, 2.75) is 82.9 Å². The van der Waals surface area contributed by atoms with Crippen LogP contribution in [-0.4, -0.2) is 55.3 Å². The fourth-order valence-electron chi connectivity index (χ4n) is 3.75. The third-order valence-corrected chi connectivity index (χ3v) is 5.47. The van der Waals surface area contributed by atoms with Gasteiger partial charge in [-0.05, 0) is 39.5 Å². The summed E-state index contributed by atoms with van der Waals surface area (Å²) in [5, 5.41) is 3.44. The summed E-state index contributed by atoms with van der Waals surface area (Å²) in [6.45, 7) is 7.44. The number of piperidine rings is 1. The van der Waals surface area contributed by atoms with Crippen molar-refractivity contribution in [2.75, 3.05) is 26.7 Å². The molecule has 0 spiro atoms. The van der Waals surface area contributed by atoms with E-state index in [2.05, 4.69) is 29.1 Å². The Kier molecular flexibility index (Phi) is 7.15. The van der Waals surface area contributed by atoms with Crippen LogP contribution in [0.25, 0.3) is 0 Å². The lowest BCUT2D eigenvalue weighted by molar-refractivity contribution is 0.00909. The summed E-state index contributed by atoms with van der Waals surface area (Å²) in [7, 11) is 1.82. The molecule has 0 bridgehead atoms. The Bertz CT molecular complexity index is 367. The van der Waals surface area contributed by atoms with Crippen molar-refractivity contribution in [1.29, 1.82) is 0 Å². The number of aliphatic imine (C=N–C) groups is 1. The second-order valence-corrected chi connectivity index (χ2v) is 7.77. The van der Waals surface area contributed by atoms with Crippen LogP contribution in [0.15, 0.2) is 4.99 Å². The number of methoxy groups -OCH3 is 1. The molecule has 1 aliphatic heterocycles. The number of likely N-dealkylation sites (tertiary alicyclic amines) is 1. The summed E-state index contributed by atoms with van der Waals surface area (Å²) in [6, 6.07) is 0.516. The molecule has 0 amide bonds. The van der Waals surface area contributed by atoms with Gasteiger partial charge in [0.25, 0.3) is 0 Å². The summed E-state index contributed by atoms with van der Waals surface area (Å²) in [6.07, 6.45) is 10.4. The van der Waals surface area contributed by atoms with Crippen LogP contribution in [0.4, 0.5) is 0 Å². The lowest BCUT2D eigenvalue weighted by atomic mass is 9.97. The van der Waals surface area contributed by atoms with Crippen molar-refractivity contribution >= 4 is 5.96 Å². The minimum absolute atomic E-state index is 0.0501. The highest BCUT2D eigenvalue weighted by Crippen LogP contribution is 2.22. The first-order chi connectivity index (χ1) is 11.0. The molecule has 1 saturated carbocycles. The molecule has 0 unspecified atom stereocenters. The molecule has 5 heteroatoms. The van der Waals surface area contributed by atoms with Gasteiger partial charge in [0.05, 0.1) is 12.6 Å². The number of guanidine groups is 1. The standard InChI is InChI=1S/C18H36N4O/c1-18(2,22-12-10-16(23-3)11-13-22)14-20-17(19)21-15-8-6-4-5-7-9-15/h15-16H,4-14H2,1-3H3,(H3,19,20,21). The zero-order valence-electron chi connectivity index (χ0n) is 15.3. The van der Waals surface area contributed by atoms with Crippen molar-refractivity contribution in [2.24, 2.45) is 10.7 Å². The third-order valence-electron chi connectivity index (χ3n) is 5.47. The summed E-state index contributed by atoms with van der Waals surface area (Å²) in [4.78, 5) is 7.16. The van der Waals surface area contributed by atoms with E-state index in [1.807, 2.05) is 7.11 Å². The van der Waals surface area contributed by atoms with Crippen molar-refractivity contribution in [3.63, 3.8) is 0 Å². The first-order valence-corrected chi connectivity index (χ1v) is 9.35. The molecule has 2 fully saturated rings. The minimum Gasteiger partial charge on any atom is -0.381 e. The second kappa shape index (κ2) is 8.88.